The second-order valence-corrected chi connectivity index (χ2v) is 4.50. The topological polar surface area (TPSA) is 22.1 Å². The zero-order valence-corrected chi connectivity index (χ0v) is 9.54. The van der Waals surface area contributed by atoms with Crippen LogP contribution in [0.2, 0.25) is 5.15 Å². The van der Waals surface area contributed by atoms with Crippen molar-refractivity contribution in [2.45, 2.75) is 32.3 Å². The Bertz CT molecular complexity index is 310. The second-order valence-electron chi connectivity index (χ2n) is 4.12. The number of aromatic nitrogens is 1. The summed E-state index contributed by atoms with van der Waals surface area (Å²) in [5, 5.41) is 0.539. The van der Waals surface area contributed by atoms with Crippen LogP contribution >= 0.6 is 11.6 Å². The van der Waals surface area contributed by atoms with Gasteiger partial charge in [-0.25, -0.2) is 4.98 Å². The van der Waals surface area contributed by atoms with Crippen LogP contribution in [0.3, 0.4) is 0 Å². The Balaban J connectivity index is 1.73. The summed E-state index contributed by atoms with van der Waals surface area (Å²) in [6.07, 6.45) is 5.37. The maximum atomic E-state index is 5.78. The Kier molecular flexibility index (Phi) is 3.98. The molecule has 1 aliphatic carbocycles. The SMILES string of the molecule is Clc1cccc(COCC2CCCC2)n1. The third kappa shape index (κ3) is 3.47. The molecule has 3 heteroatoms. The van der Waals surface area contributed by atoms with Crippen molar-refractivity contribution in [2.24, 2.45) is 5.92 Å². The van der Waals surface area contributed by atoms with Crippen molar-refractivity contribution in [3.8, 4) is 0 Å². The van der Waals surface area contributed by atoms with Gasteiger partial charge < -0.3 is 4.74 Å². The molecule has 1 saturated carbocycles. The number of halogens is 1. The number of hydrogen-bond acceptors (Lipinski definition) is 2. The highest BCUT2D eigenvalue weighted by Crippen LogP contribution is 2.24. The van der Waals surface area contributed by atoms with Crippen molar-refractivity contribution in [3.05, 3.63) is 29.0 Å². The zero-order valence-electron chi connectivity index (χ0n) is 8.79. The summed E-state index contributed by atoms with van der Waals surface area (Å²) in [5.74, 6) is 0.768. The smallest absolute Gasteiger partial charge is 0.129 e. The number of nitrogens with zero attached hydrogens (tertiary/aromatic N) is 1. The molecule has 0 amide bonds. The van der Waals surface area contributed by atoms with Crippen molar-refractivity contribution < 1.29 is 4.74 Å². The van der Waals surface area contributed by atoms with Gasteiger partial charge in [0.05, 0.1) is 12.3 Å². The molecule has 1 heterocycles. The molecule has 0 aliphatic heterocycles. The second kappa shape index (κ2) is 5.47. The van der Waals surface area contributed by atoms with Crippen LogP contribution in [0.5, 0.6) is 0 Å². The molecule has 0 N–H and O–H groups in total. The normalized spacial score (nSPS) is 17.1. The van der Waals surface area contributed by atoms with E-state index in [0.717, 1.165) is 18.2 Å². The number of rotatable bonds is 4. The Labute approximate surface area is 95.6 Å². The van der Waals surface area contributed by atoms with Gasteiger partial charge in [-0.2, -0.15) is 0 Å². The van der Waals surface area contributed by atoms with Gasteiger partial charge in [0.25, 0.3) is 0 Å². The van der Waals surface area contributed by atoms with Crippen LogP contribution in [0.1, 0.15) is 31.4 Å². The van der Waals surface area contributed by atoms with Crippen LogP contribution in [0.15, 0.2) is 18.2 Å². The fraction of sp³-hybridized carbons (Fsp3) is 0.583. The van der Waals surface area contributed by atoms with Crippen molar-refractivity contribution in [1.29, 1.82) is 0 Å². The molecule has 2 nitrogen and oxygen atoms in total. The van der Waals surface area contributed by atoms with Gasteiger partial charge in [-0.05, 0) is 30.9 Å². The largest absolute Gasteiger partial charge is 0.375 e. The van der Waals surface area contributed by atoms with Crippen LogP contribution in [-0.4, -0.2) is 11.6 Å². The maximum Gasteiger partial charge on any atom is 0.129 e. The number of pyridine rings is 1. The van der Waals surface area contributed by atoms with E-state index in [-0.39, 0.29) is 0 Å². The molecular weight excluding hydrogens is 210 g/mol. The van der Waals surface area contributed by atoms with E-state index >= 15 is 0 Å². The molecule has 15 heavy (non-hydrogen) atoms. The minimum absolute atomic E-state index is 0.539. The molecule has 0 saturated heterocycles. The molecule has 82 valence electrons. The summed E-state index contributed by atoms with van der Waals surface area (Å²) in [7, 11) is 0. The van der Waals surface area contributed by atoms with Crippen LogP contribution in [0.4, 0.5) is 0 Å². The Morgan fingerprint density at radius 1 is 1.33 bits per heavy atom. The van der Waals surface area contributed by atoms with E-state index in [0.29, 0.717) is 11.8 Å². The van der Waals surface area contributed by atoms with Crippen LogP contribution in [0.25, 0.3) is 0 Å². The Morgan fingerprint density at radius 3 is 2.87 bits per heavy atom. The van der Waals surface area contributed by atoms with Crippen molar-refractivity contribution in [3.63, 3.8) is 0 Å². The summed E-state index contributed by atoms with van der Waals surface area (Å²) in [6.45, 7) is 1.45. The predicted molar refractivity (Wildman–Crippen MR) is 60.9 cm³/mol. The highest BCUT2D eigenvalue weighted by atomic mass is 35.5. The monoisotopic (exact) mass is 225 g/mol. The van der Waals surface area contributed by atoms with Crippen LogP contribution in [-0.2, 0) is 11.3 Å². The third-order valence-corrected chi connectivity index (χ3v) is 3.06. The molecule has 0 unspecified atom stereocenters. The molecule has 1 aromatic heterocycles. The fourth-order valence-corrected chi connectivity index (χ4v) is 2.22. The molecule has 0 atom stereocenters. The Morgan fingerprint density at radius 2 is 2.13 bits per heavy atom. The summed E-state index contributed by atoms with van der Waals surface area (Å²) in [4.78, 5) is 4.18. The van der Waals surface area contributed by atoms with Gasteiger partial charge in [0, 0.05) is 6.61 Å². The van der Waals surface area contributed by atoms with Crippen LogP contribution < -0.4 is 0 Å². The first kappa shape index (κ1) is 10.9. The van der Waals surface area contributed by atoms with E-state index in [4.69, 9.17) is 16.3 Å². The molecule has 1 fully saturated rings. The highest BCUT2D eigenvalue weighted by molar-refractivity contribution is 6.29. The molecule has 1 aromatic rings. The summed E-state index contributed by atoms with van der Waals surface area (Å²) < 4.78 is 5.64. The molecule has 0 bridgehead atoms. The van der Waals surface area contributed by atoms with E-state index in [1.165, 1.54) is 25.7 Å². The van der Waals surface area contributed by atoms with Gasteiger partial charge in [-0.3, -0.25) is 0 Å². The average Bonchev–Trinajstić information content (AvgIpc) is 2.71. The minimum atomic E-state index is 0.539. The van der Waals surface area contributed by atoms with E-state index in [9.17, 15) is 0 Å². The third-order valence-electron chi connectivity index (χ3n) is 2.85. The van der Waals surface area contributed by atoms with Gasteiger partial charge in [0.1, 0.15) is 5.15 Å². The molecule has 0 spiro atoms. The van der Waals surface area contributed by atoms with E-state index in [2.05, 4.69) is 4.98 Å². The lowest BCUT2D eigenvalue weighted by atomic mass is 10.1. The van der Waals surface area contributed by atoms with Gasteiger partial charge in [0.2, 0.25) is 0 Å². The minimum Gasteiger partial charge on any atom is -0.375 e. The fourth-order valence-electron chi connectivity index (χ4n) is 2.04. The predicted octanol–water partition coefficient (Wildman–Crippen LogP) is 3.44. The average molecular weight is 226 g/mol. The summed E-state index contributed by atoms with van der Waals surface area (Å²) in [6, 6.07) is 5.63. The standard InChI is InChI=1S/C12H16ClNO/c13-12-7-3-6-11(14-12)9-15-8-10-4-1-2-5-10/h3,6-7,10H,1-2,4-5,8-9H2. The lowest BCUT2D eigenvalue weighted by Gasteiger charge is -2.09. The first-order valence-corrected chi connectivity index (χ1v) is 5.91. The first-order chi connectivity index (χ1) is 7.34. The maximum absolute atomic E-state index is 5.78. The van der Waals surface area contributed by atoms with E-state index < -0.39 is 0 Å². The Hall–Kier alpha value is -0.600. The van der Waals surface area contributed by atoms with Crippen molar-refractivity contribution in [1.82, 2.24) is 4.98 Å². The van der Waals surface area contributed by atoms with Gasteiger partial charge in [0.15, 0.2) is 0 Å². The number of hydrogen-bond donors (Lipinski definition) is 0. The quantitative estimate of drug-likeness (QED) is 0.733. The van der Waals surface area contributed by atoms with Gasteiger partial charge in [-0.15, -0.1) is 0 Å². The molecule has 2 rings (SSSR count). The summed E-state index contributed by atoms with van der Waals surface area (Å²) in [5.41, 5.74) is 0.917. The van der Waals surface area contributed by atoms with Crippen molar-refractivity contribution >= 4 is 11.6 Å². The van der Waals surface area contributed by atoms with Crippen molar-refractivity contribution in [2.75, 3.05) is 6.61 Å². The molecule has 0 radical (unpaired) electrons. The number of ether oxygens (including phenoxy) is 1. The zero-order chi connectivity index (χ0) is 10.5. The molecule has 0 aromatic carbocycles. The van der Waals surface area contributed by atoms with Gasteiger partial charge >= 0.3 is 0 Å². The molecule has 1 aliphatic rings. The summed E-state index contributed by atoms with van der Waals surface area (Å²) >= 11 is 5.78. The lowest BCUT2D eigenvalue weighted by molar-refractivity contribution is 0.0867. The highest BCUT2D eigenvalue weighted by Gasteiger charge is 2.14. The lowest BCUT2D eigenvalue weighted by Crippen LogP contribution is -2.06. The van der Waals surface area contributed by atoms with E-state index in [1.54, 1.807) is 6.07 Å². The van der Waals surface area contributed by atoms with Gasteiger partial charge in [-0.1, -0.05) is 30.5 Å². The first-order valence-electron chi connectivity index (χ1n) is 5.54. The van der Waals surface area contributed by atoms with Crippen LogP contribution in [0, 0.1) is 5.92 Å². The molecular formula is C12H16ClNO. The van der Waals surface area contributed by atoms with E-state index in [1.807, 2.05) is 12.1 Å².